The SMILES string of the molecule is COC(=O)[C@H](C)[C@H](C)OC(=O)c1cccc(Cl)c1. The van der Waals surface area contributed by atoms with Crippen LogP contribution < -0.4 is 0 Å². The molecule has 2 atom stereocenters. The van der Waals surface area contributed by atoms with Gasteiger partial charge in [-0.2, -0.15) is 0 Å². The van der Waals surface area contributed by atoms with Crippen molar-refractivity contribution in [3.8, 4) is 0 Å². The standard InChI is InChI=1S/C13H15ClO4/c1-8(12(15)17-3)9(2)18-13(16)10-5-4-6-11(14)7-10/h4-9H,1-3H3/t8-,9+/m1/s1. The highest BCUT2D eigenvalue weighted by Gasteiger charge is 2.24. The van der Waals surface area contributed by atoms with E-state index in [2.05, 4.69) is 4.74 Å². The van der Waals surface area contributed by atoms with Crippen molar-refractivity contribution in [1.29, 1.82) is 0 Å². The molecule has 0 heterocycles. The third-order valence-electron chi connectivity index (χ3n) is 2.63. The van der Waals surface area contributed by atoms with Gasteiger partial charge in [0.25, 0.3) is 0 Å². The van der Waals surface area contributed by atoms with Crippen LogP contribution in [-0.2, 0) is 14.3 Å². The first-order chi connectivity index (χ1) is 8.45. The highest BCUT2D eigenvalue weighted by molar-refractivity contribution is 6.30. The maximum atomic E-state index is 11.8. The molecular formula is C13H15ClO4. The number of esters is 2. The molecule has 18 heavy (non-hydrogen) atoms. The molecule has 1 aromatic carbocycles. The first-order valence-corrected chi connectivity index (χ1v) is 5.88. The molecule has 5 heteroatoms. The fourth-order valence-electron chi connectivity index (χ4n) is 1.33. The Labute approximate surface area is 111 Å². The van der Waals surface area contributed by atoms with Gasteiger partial charge in [-0.1, -0.05) is 17.7 Å². The topological polar surface area (TPSA) is 52.6 Å². The summed E-state index contributed by atoms with van der Waals surface area (Å²) in [6.45, 7) is 3.28. The van der Waals surface area contributed by atoms with Gasteiger partial charge >= 0.3 is 11.9 Å². The second kappa shape index (κ2) is 6.40. The van der Waals surface area contributed by atoms with Gasteiger partial charge in [-0.05, 0) is 32.0 Å². The predicted octanol–water partition coefficient (Wildman–Crippen LogP) is 2.69. The molecule has 0 aliphatic rings. The number of methoxy groups -OCH3 is 1. The lowest BCUT2D eigenvalue weighted by Gasteiger charge is -2.18. The van der Waals surface area contributed by atoms with Crippen LogP contribution in [-0.4, -0.2) is 25.2 Å². The van der Waals surface area contributed by atoms with E-state index < -0.39 is 24.0 Å². The zero-order chi connectivity index (χ0) is 13.7. The Balaban J connectivity index is 2.68. The lowest BCUT2D eigenvalue weighted by Crippen LogP contribution is -2.29. The Bertz CT molecular complexity index is 444. The molecule has 0 bridgehead atoms. The van der Waals surface area contributed by atoms with E-state index in [0.717, 1.165) is 0 Å². The van der Waals surface area contributed by atoms with E-state index in [9.17, 15) is 9.59 Å². The van der Waals surface area contributed by atoms with E-state index in [1.165, 1.54) is 13.2 Å². The third-order valence-corrected chi connectivity index (χ3v) is 2.87. The van der Waals surface area contributed by atoms with Gasteiger partial charge in [-0.3, -0.25) is 4.79 Å². The smallest absolute Gasteiger partial charge is 0.338 e. The van der Waals surface area contributed by atoms with Crippen LogP contribution in [0.3, 0.4) is 0 Å². The van der Waals surface area contributed by atoms with E-state index in [4.69, 9.17) is 16.3 Å². The van der Waals surface area contributed by atoms with Crippen LogP contribution >= 0.6 is 11.6 Å². The zero-order valence-electron chi connectivity index (χ0n) is 10.5. The second-order valence-corrected chi connectivity index (χ2v) is 4.37. The molecule has 0 aliphatic heterocycles. The summed E-state index contributed by atoms with van der Waals surface area (Å²) in [5, 5.41) is 0.457. The minimum atomic E-state index is -0.566. The maximum absolute atomic E-state index is 11.8. The van der Waals surface area contributed by atoms with E-state index in [0.29, 0.717) is 10.6 Å². The highest BCUT2D eigenvalue weighted by atomic mass is 35.5. The summed E-state index contributed by atoms with van der Waals surface area (Å²) in [6.07, 6.45) is -0.566. The number of benzene rings is 1. The van der Waals surface area contributed by atoms with E-state index >= 15 is 0 Å². The van der Waals surface area contributed by atoms with Gasteiger partial charge < -0.3 is 9.47 Å². The molecule has 0 radical (unpaired) electrons. The molecule has 0 fully saturated rings. The van der Waals surface area contributed by atoms with Crippen LogP contribution in [0.4, 0.5) is 0 Å². The average molecular weight is 271 g/mol. The number of rotatable bonds is 4. The van der Waals surface area contributed by atoms with Crippen LogP contribution in [0.15, 0.2) is 24.3 Å². The molecule has 0 aliphatic carbocycles. The Morgan fingerprint density at radius 3 is 2.50 bits per heavy atom. The van der Waals surface area contributed by atoms with Gasteiger partial charge in [0.15, 0.2) is 0 Å². The zero-order valence-corrected chi connectivity index (χ0v) is 11.2. The maximum Gasteiger partial charge on any atom is 0.338 e. The summed E-state index contributed by atoms with van der Waals surface area (Å²) < 4.78 is 9.77. The van der Waals surface area contributed by atoms with Gasteiger partial charge in [-0.25, -0.2) is 4.79 Å². The molecular weight excluding hydrogens is 256 g/mol. The quantitative estimate of drug-likeness (QED) is 0.790. The van der Waals surface area contributed by atoms with Gasteiger partial charge in [0.1, 0.15) is 6.10 Å². The Morgan fingerprint density at radius 2 is 1.94 bits per heavy atom. The molecule has 1 aromatic rings. The number of hydrogen-bond acceptors (Lipinski definition) is 4. The summed E-state index contributed by atoms with van der Waals surface area (Å²) in [5.74, 6) is -1.44. The lowest BCUT2D eigenvalue weighted by molar-refractivity contribution is -0.148. The van der Waals surface area contributed by atoms with E-state index in [1.807, 2.05) is 0 Å². The lowest BCUT2D eigenvalue weighted by atomic mass is 10.1. The number of carbonyl (C=O) groups is 2. The summed E-state index contributed by atoms with van der Waals surface area (Å²) >= 11 is 5.78. The van der Waals surface area contributed by atoms with Crippen LogP contribution in [0.1, 0.15) is 24.2 Å². The van der Waals surface area contributed by atoms with Crippen LogP contribution in [0, 0.1) is 5.92 Å². The highest BCUT2D eigenvalue weighted by Crippen LogP contribution is 2.15. The molecule has 0 unspecified atom stereocenters. The molecule has 1 rings (SSSR count). The van der Waals surface area contributed by atoms with Gasteiger partial charge in [0.05, 0.1) is 18.6 Å². The van der Waals surface area contributed by atoms with E-state index in [1.54, 1.807) is 32.0 Å². The summed E-state index contributed by atoms with van der Waals surface area (Å²) in [7, 11) is 1.30. The van der Waals surface area contributed by atoms with Crippen molar-refractivity contribution in [2.75, 3.05) is 7.11 Å². The molecule has 0 amide bonds. The van der Waals surface area contributed by atoms with Crippen molar-refractivity contribution in [2.24, 2.45) is 5.92 Å². The summed E-state index contributed by atoms with van der Waals surface area (Å²) in [4.78, 5) is 23.1. The van der Waals surface area contributed by atoms with Gasteiger partial charge in [-0.15, -0.1) is 0 Å². The number of halogens is 1. The first-order valence-electron chi connectivity index (χ1n) is 5.50. The Kier molecular flexibility index (Phi) is 5.16. The number of hydrogen-bond donors (Lipinski definition) is 0. The van der Waals surface area contributed by atoms with Crippen molar-refractivity contribution < 1.29 is 19.1 Å². The monoisotopic (exact) mass is 270 g/mol. The first kappa shape index (κ1) is 14.5. The van der Waals surface area contributed by atoms with Crippen LogP contribution in [0.25, 0.3) is 0 Å². The molecule has 0 saturated carbocycles. The third kappa shape index (κ3) is 3.74. The van der Waals surface area contributed by atoms with Crippen LogP contribution in [0.2, 0.25) is 5.02 Å². The number of ether oxygens (including phenoxy) is 2. The van der Waals surface area contributed by atoms with Crippen LogP contribution in [0.5, 0.6) is 0 Å². The second-order valence-electron chi connectivity index (χ2n) is 3.93. The van der Waals surface area contributed by atoms with Crippen molar-refractivity contribution in [3.05, 3.63) is 34.9 Å². The summed E-state index contributed by atoms with van der Waals surface area (Å²) in [5.41, 5.74) is 0.353. The van der Waals surface area contributed by atoms with Crippen molar-refractivity contribution in [1.82, 2.24) is 0 Å². The van der Waals surface area contributed by atoms with Crippen molar-refractivity contribution >= 4 is 23.5 Å². The largest absolute Gasteiger partial charge is 0.469 e. The minimum absolute atomic E-state index is 0.353. The summed E-state index contributed by atoms with van der Waals surface area (Å²) in [6, 6.07) is 6.44. The number of carbonyl (C=O) groups excluding carboxylic acids is 2. The van der Waals surface area contributed by atoms with E-state index in [-0.39, 0.29) is 0 Å². The molecule has 0 aromatic heterocycles. The Hall–Kier alpha value is -1.55. The molecule has 0 N–H and O–H groups in total. The normalized spacial score (nSPS) is 13.6. The molecule has 0 spiro atoms. The average Bonchev–Trinajstić information content (AvgIpc) is 2.36. The van der Waals surface area contributed by atoms with Crippen molar-refractivity contribution in [3.63, 3.8) is 0 Å². The fourth-order valence-corrected chi connectivity index (χ4v) is 1.52. The van der Waals surface area contributed by atoms with Gasteiger partial charge in [0.2, 0.25) is 0 Å². The molecule has 98 valence electrons. The van der Waals surface area contributed by atoms with Gasteiger partial charge in [0, 0.05) is 5.02 Å². The molecule has 4 nitrogen and oxygen atoms in total. The molecule has 0 saturated heterocycles. The predicted molar refractivity (Wildman–Crippen MR) is 67.5 cm³/mol. The van der Waals surface area contributed by atoms with Crippen molar-refractivity contribution in [2.45, 2.75) is 20.0 Å². The Morgan fingerprint density at radius 1 is 1.28 bits per heavy atom. The fraction of sp³-hybridized carbons (Fsp3) is 0.385. The minimum Gasteiger partial charge on any atom is -0.469 e.